The third-order valence-electron chi connectivity index (χ3n) is 2.87. The van der Waals surface area contributed by atoms with Crippen molar-refractivity contribution in [3.63, 3.8) is 0 Å². The van der Waals surface area contributed by atoms with Gasteiger partial charge in [0.25, 0.3) is 5.91 Å². The summed E-state index contributed by atoms with van der Waals surface area (Å²) in [5, 5.41) is 5.75. The normalized spacial score (nSPS) is 10.0. The highest BCUT2D eigenvalue weighted by Gasteiger charge is 2.05. The Balaban J connectivity index is 1.80. The Kier molecular flexibility index (Phi) is 5.02. The molecule has 0 radical (unpaired) electrons. The lowest BCUT2D eigenvalue weighted by Gasteiger charge is -2.07. The van der Waals surface area contributed by atoms with Crippen molar-refractivity contribution < 1.29 is 9.59 Å². The van der Waals surface area contributed by atoms with E-state index in [2.05, 4.69) is 20.6 Å². The molecule has 2 aromatic rings. The molecule has 2 amide bonds. The molecule has 0 saturated heterocycles. The van der Waals surface area contributed by atoms with Crippen LogP contribution >= 0.6 is 0 Å². The van der Waals surface area contributed by atoms with E-state index in [1.54, 1.807) is 24.4 Å². The number of aryl methyl sites for hydroxylation is 1. The Morgan fingerprint density at radius 3 is 2.73 bits per heavy atom. The fourth-order valence-corrected chi connectivity index (χ4v) is 1.74. The van der Waals surface area contributed by atoms with Crippen LogP contribution in [0.15, 0.2) is 36.7 Å². The second kappa shape index (κ2) is 7.16. The van der Waals surface area contributed by atoms with Gasteiger partial charge in [0.2, 0.25) is 5.91 Å². The predicted molar refractivity (Wildman–Crippen MR) is 83.5 cm³/mol. The summed E-state index contributed by atoms with van der Waals surface area (Å²) in [7, 11) is 0. The second-order valence-corrected chi connectivity index (χ2v) is 4.74. The summed E-state index contributed by atoms with van der Waals surface area (Å²) in [5.41, 5.74) is 7.05. The van der Waals surface area contributed by atoms with Crippen LogP contribution in [0.4, 0.5) is 11.5 Å². The first-order chi connectivity index (χ1) is 10.5. The van der Waals surface area contributed by atoms with Gasteiger partial charge in [-0.05, 0) is 30.7 Å². The summed E-state index contributed by atoms with van der Waals surface area (Å²) in [5.74, 6) is -0.213. The van der Waals surface area contributed by atoms with Crippen LogP contribution in [0, 0.1) is 6.92 Å². The standard InChI is InChI=1S/C15H17N5O2/c1-10-2-3-13(19-9-10)20-14(21)5-7-17-11-4-6-18-12(8-11)15(16)22/h2-4,6,8-9H,5,7H2,1H3,(H2,16,22)(H,17,18)(H,19,20,21). The Morgan fingerprint density at radius 1 is 1.23 bits per heavy atom. The molecule has 0 atom stereocenters. The van der Waals surface area contributed by atoms with Crippen molar-refractivity contribution in [2.75, 3.05) is 17.2 Å². The van der Waals surface area contributed by atoms with Gasteiger partial charge >= 0.3 is 0 Å². The van der Waals surface area contributed by atoms with E-state index >= 15 is 0 Å². The van der Waals surface area contributed by atoms with Gasteiger partial charge in [-0.3, -0.25) is 14.6 Å². The van der Waals surface area contributed by atoms with Gasteiger partial charge in [-0.15, -0.1) is 0 Å². The van der Waals surface area contributed by atoms with Crippen LogP contribution in [-0.2, 0) is 4.79 Å². The van der Waals surface area contributed by atoms with Crippen LogP contribution in [0.2, 0.25) is 0 Å². The summed E-state index contributed by atoms with van der Waals surface area (Å²) >= 11 is 0. The number of aromatic nitrogens is 2. The van der Waals surface area contributed by atoms with Gasteiger partial charge in [0, 0.05) is 31.0 Å². The number of carbonyl (C=O) groups is 2. The van der Waals surface area contributed by atoms with Crippen molar-refractivity contribution in [1.82, 2.24) is 9.97 Å². The van der Waals surface area contributed by atoms with Gasteiger partial charge < -0.3 is 16.4 Å². The average molecular weight is 299 g/mol. The first-order valence-electron chi connectivity index (χ1n) is 6.77. The maximum atomic E-state index is 11.8. The van der Waals surface area contributed by atoms with E-state index < -0.39 is 5.91 Å². The van der Waals surface area contributed by atoms with E-state index in [9.17, 15) is 9.59 Å². The first-order valence-corrected chi connectivity index (χ1v) is 6.77. The Labute approximate surface area is 128 Å². The molecule has 0 spiro atoms. The third-order valence-corrected chi connectivity index (χ3v) is 2.87. The molecule has 0 fully saturated rings. The topological polar surface area (TPSA) is 110 Å². The van der Waals surface area contributed by atoms with Crippen LogP contribution in [0.5, 0.6) is 0 Å². The number of rotatable bonds is 6. The minimum atomic E-state index is -0.591. The molecule has 0 aromatic carbocycles. The highest BCUT2D eigenvalue weighted by atomic mass is 16.2. The minimum absolute atomic E-state index is 0.145. The highest BCUT2D eigenvalue weighted by Crippen LogP contribution is 2.08. The molecular formula is C15H17N5O2. The van der Waals surface area contributed by atoms with Gasteiger partial charge in [0.15, 0.2) is 0 Å². The van der Waals surface area contributed by atoms with Crippen molar-refractivity contribution in [2.24, 2.45) is 5.73 Å². The van der Waals surface area contributed by atoms with Crippen molar-refractivity contribution >= 4 is 23.3 Å². The van der Waals surface area contributed by atoms with Gasteiger partial charge in [-0.2, -0.15) is 0 Å². The van der Waals surface area contributed by atoms with Crippen molar-refractivity contribution in [1.29, 1.82) is 0 Å². The smallest absolute Gasteiger partial charge is 0.267 e. The fraction of sp³-hybridized carbons (Fsp3) is 0.200. The van der Waals surface area contributed by atoms with Crippen LogP contribution < -0.4 is 16.4 Å². The number of pyridine rings is 2. The van der Waals surface area contributed by atoms with Crippen molar-refractivity contribution in [3.05, 3.63) is 47.9 Å². The quantitative estimate of drug-likeness (QED) is 0.745. The number of nitrogens with zero attached hydrogens (tertiary/aromatic N) is 2. The number of anilines is 2. The van der Waals surface area contributed by atoms with Gasteiger partial charge in [-0.1, -0.05) is 6.07 Å². The molecule has 7 nitrogen and oxygen atoms in total. The van der Waals surface area contributed by atoms with Crippen LogP contribution in [0.1, 0.15) is 22.5 Å². The number of amides is 2. The molecule has 4 N–H and O–H groups in total. The zero-order valence-corrected chi connectivity index (χ0v) is 12.2. The summed E-state index contributed by atoms with van der Waals surface area (Å²) in [6.45, 7) is 2.34. The lowest BCUT2D eigenvalue weighted by Crippen LogP contribution is -2.17. The molecule has 0 aliphatic heterocycles. The Morgan fingerprint density at radius 2 is 2.05 bits per heavy atom. The largest absolute Gasteiger partial charge is 0.384 e. The maximum Gasteiger partial charge on any atom is 0.267 e. The Bertz CT molecular complexity index is 670. The third kappa shape index (κ3) is 4.55. The zero-order chi connectivity index (χ0) is 15.9. The molecular weight excluding hydrogens is 282 g/mol. The monoisotopic (exact) mass is 299 g/mol. The molecule has 22 heavy (non-hydrogen) atoms. The summed E-state index contributed by atoms with van der Waals surface area (Å²) in [6, 6.07) is 6.87. The number of nitrogens with two attached hydrogens (primary N) is 1. The molecule has 2 rings (SSSR count). The lowest BCUT2D eigenvalue weighted by molar-refractivity contribution is -0.116. The summed E-state index contributed by atoms with van der Waals surface area (Å²) in [4.78, 5) is 30.8. The van der Waals surface area contributed by atoms with Gasteiger partial charge in [0.1, 0.15) is 11.5 Å². The number of carbonyl (C=O) groups excluding carboxylic acids is 2. The number of nitrogens with one attached hydrogen (secondary N) is 2. The molecule has 0 saturated carbocycles. The van der Waals surface area contributed by atoms with Crippen LogP contribution in [0.25, 0.3) is 0 Å². The molecule has 7 heteroatoms. The number of primary amides is 1. The van der Waals surface area contributed by atoms with Crippen molar-refractivity contribution in [2.45, 2.75) is 13.3 Å². The van der Waals surface area contributed by atoms with Crippen LogP contribution in [-0.4, -0.2) is 28.3 Å². The molecule has 0 aliphatic rings. The van der Waals surface area contributed by atoms with Crippen molar-refractivity contribution in [3.8, 4) is 0 Å². The molecule has 0 bridgehead atoms. The molecule has 2 aromatic heterocycles. The minimum Gasteiger partial charge on any atom is -0.384 e. The SMILES string of the molecule is Cc1ccc(NC(=O)CCNc2ccnc(C(N)=O)c2)nc1. The van der Waals surface area contributed by atoms with E-state index in [4.69, 9.17) is 5.73 Å². The zero-order valence-electron chi connectivity index (χ0n) is 12.2. The van der Waals surface area contributed by atoms with E-state index in [1.807, 2.05) is 13.0 Å². The van der Waals surface area contributed by atoms with E-state index in [0.29, 0.717) is 18.1 Å². The molecule has 114 valence electrons. The highest BCUT2D eigenvalue weighted by molar-refractivity contribution is 5.92. The van der Waals surface area contributed by atoms with Gasteiger partial charge in [-0.25, -0.2) is 4.98 Å². The number of hydrogen-bond acceptors (Lipinski definition) is 5. The molecule has 0 aliphatic carbocycles. The van der Waals surface area contributed by atoms with E-state index in [1.165, 1.54) is 6.20 Å². The van der Waals surface area contributed by atoms with Gasteiger partial charge in [0.05, 0.1) is 0 Å². The van der Waals surface area contributed by atoms with E-state index in [-0.39, 0.29) is 18.0 Å². The molecule has 2 heterocycles. The lowest BCUT2D eigenvalue weighted by atomic mass is 10.3. The second-order valence-electron chi connectivity index (χ2n) is 4.74. The summed E-state index contributed by atoms with van der Waals surface area (Å²) < 4.78 is 0. The fourth-order valence-electron chi connectivity index (χ4n) is 1.74. The Hall–Kier alpha value is -2.96. The first kappa shape index (κ1) is 15.4. The number of hydrogen-bond donors (Lipinski definition) is 3. The average Bonchev–Trinajstić information content (AvgIpc) is 2.50. The van der Waals surface area contributed by atoms with Crippen LogP contribution in [0.3, 0.4) is 0 Å². The predicted octanol–water partition coefficient (Wildman–Crippen LogP) is 1.32. The molecule has 0 unspecified atom stereocenters. The van der Waals surface area contributed by atoms with E-state index in [0.717, 1.165) is 5.56 Å². The summed E-state index contributed by atoms with van der Waals surface area (Å²) in [6.07, 6.45) is 3.44. The maximum absolute atomic E-state index is 11.8.